The van der Waals surface area contributed by atoms with Gasteiger partial charge in [-0.15, -0.1) is 0 Å². The van der Waals surface area contributed by atoms with E-state index in [-0.39, 0.29) is 12.1 Å². The quantitative estimate of drug-likeness (QED) is 0.838. The van der Waals surface area contributed by atoms with E-state index in [1.807, 2.05) is 60.7 Å². The van der Waals surface area contributed by atoms with Crippen LogP contribution in [0.5, 0.6) is 0 Å². The minimum Gasteiger partial charge on any atom is -0.384 e. The summed E-state index contributed by atoms with van der Waals surface area (Å²) in [6.45, 7) is 5.83. The number of amides is 2. The Bertz CT molecular complexity index is 733. The molecule has 1 unspecified atom stereocenters. The zero-order chi connectivity index (χ0) is 17.8. The lowest BCUT2D eigenvalue weighted by atomic mass is 10.1. The number of aliphatic hydroxyl groups is 1. The molecule has 3 rings (SSSR count). The maximum atomic E-state index is 12.9. The van der Waals surface area contributed by atoms with Crippen LogP contribution in [0.15, 0.2) is 72.8 Å². The van der Waals surface area contributed by atoms with Crippen molar-refractivity contribution in [1.29, 1.82) is 0 Å². The van der Waals surface area contributed by atoms with Crippen LogP contribution >= 0.6 is 0 Å². The number of ether oxygens (including phenoxy) is 1. The molecule has 130 valence electrons. The molecule has 5 heteroatoms. The van der Waals surface area contributed by atoms with Crippen LogP contribution < -0.4 is 5.32 Å². The van der Waals surface area contributed by atoms with Gasteiger partial charge < -0.3 is 15.2 Å². The maximum absolute atomic E-state index is 12.9. The number of anilines is 1. The smallest absolute Gasteiger partial charge is 0.324 e. The summed E-state index contributed by atoms with van der Waals surface area (Å²) in [6.07, 6.45) is -1.72. The molecule has 0 aliphatic carbocycles. The van der Waals surface area contributed by atoms with Crippen molar-refractivity contribution >= 4 is 11.7 Å². The molecule has 0 spiro atoms. The molecule has 1 heterocycles. The SMILES string of the molecule is C=C(C)C(O)[C@@H]1OC[C@H](c2ccccc2)N1C(=O)Nc1ccccc1. The predicted molar refractivity (Wildman–Crippen MR) is 97.0 cm³/mol. The molecule has 2 N–H and O–H groups in total. The summed E-state index contributed by atoms with van der Waals surface area (Å²) in [5.41, 5.74) is 2.20. The van der Waals surface area contributed by atoms with Crippen molar-refractivity contribution in [3.8, 4) is 0 Å². The van der Waals surface area contributed by atoms with Gasteiger partial charge >= 0.3 is 6.03 Å². The number of para-hydroxylation sites is 1. The summed E-state index contributed by atoms with van der Waals surface area (Å²) in [5, 5.41) is 13.3. The van der Waals surface area contributed by atoms with Gasteiger partial charge in [-0.25, -0.2) is 4.79 Å². The molecule has 1 aliphatic heterocycles. The number of hydrogen-bond acceptors (Lipinski definition) is 3. The third-order valence-corrected chi connectivity index (χ3v) is 4.25. The van der Waals surface area contributed by atoms with Gasteiger partial charge in [0.25, 0.3) is 0 Å². The number of carbonyl (C=O) groups is 1. The highest BCUT2D eigenvalue weighted by molar-refractivity contribution is 5.90. The third kappa shape index (κ3) is 3.73. The van der Waals surface area contributed by atoms with Gasteiger partial charge in [0.15, 0.2) is 6.23 Å². The van der Waals surface area contributed by atoms with E-state index in [1.54, 1.807) is 11.8 Å². The van der Waals surface area contributed by atoms with Crippen molar-refractivity contribution in [3.05, 3.63) is 78.4 Å². The highest BCUT2D eigenvalue weighted by Gasteiger charge is 2.42. The fourth-order valence-electron chi connectivity index (χ4n) is 2.91. The largest absolute Gasteiger partial charge is 0.384 e. The first kappa shape index (κ1) is 17.2. The number of nitrogens with zero attached hydrogens (tertiary/aromatic N) is 1. The lowest BCUT2D eigenvalue weighted by Gasteiger charge is -2.31. The molecular formula is C20H22N2O3. The van der Waals surface area contributed by atoms with Gasteiger partial charge in [-0.1, -0.05) is 55.1 Å². The molecule has 1 saturated heterocycles. The number of benzene rings is 2. The fourth-order valence-corrected chi connectivity index (χ4v) is 2.91. The molecule has 0 aromatic heterocycles. The molecule has 0 radical (unpaired) electrons. The second-order valence-corrected chi connectivity index (χ2v) is 6.15. The van der Waals surface area contributed by atoms with Gasteiger partial charge in [0.1, 0.15) is 6.10 Å². The highest BCUT2D eigenvalue weighted by Crippen LogP contribution is 2.33. The summed E-state index contributed by atoms with van der Waals surface area (Å²) in [4.78, 5) is 14.5. The number of rotatable bonds is 4. The van der Waals surface area contributed by atoms with Gasteiger partial charge in [-0.3, -0.25) is 4.90 Å². The van der Waals surface area contributed by atoms with E-state index >= 15 is 0 Å². The monoisotopic (exact) mass is 338 g/mol. The van der Waals surface area contributed by atoms with E-state index in [9.17, 15) is 9.90 Å². The average Bonchev–Trinajstić information content (AvgIpc) is 3.07. The second kappa shape index (κ2) is 7.51. The molecule has 5 nitrogen and oxygen atoms in total. The van der Waals surface area contributed by atoms with Gasteiger partial charge in [-0.05, 0) is 30.2 Å². The standard InChI is InChI=1S/C20H22N2O3/c1-14(2)18(23)19-22(20(24)21-16-11-7-4-8-12-16)17(13-25-19)15-9-5-3-6-10-15/h3-12,17-19,23H,1,13H2,2H3,(H,21,24)/t17-,18?,19+/m1/s1. The third-order valence-electron chi connectivity index (χ3n) is 4.25. The zero-order valence-corrected chi connectivity index (χ0v) is 14.1. The Morgan fingerprint density at radius 1 is 1.20 bits per heavy atom. The number of aliphatic hydroxyl groups excluding tert-OH is 1. The van der Waals surface area contributed by atoms with Crippen LogP contribution in [-0.2, 0) is 4.74 Å². The Morgan fingerprint density at radius 3 is 2.40 bits per heavy atom. The van der Waals surface area contributed by atoms with E-state index in [4.69, 9.17) is 4.74 Å². The lowest BCUT2D eigenvalue weighted by molar-refractivity contribution is -0.0315. The number of carbonyl (C=O) groups excluding carboxylic acids is 1. The molecule has 1 aliphatic rings. The van der Waals surface area contributed by atoms with Crippen LogP contribution in [0.1, 0.15) is 18.5 Å². The number of hydrogen-bond donors (Lipinski definition) is 2. The first-order valence-corrected chi connectivity index (χ1v) is 8.22. The normalized spacial score (nSPS) is 21.0. The van der Waals surface area contributed by atoms with Gasteiger partial charge in [0.05, 0.1) is 12.6 Å². The molecule has 2 amide bonds. The Hall–Kier alpha value is -2.63. The topological polar surface area (TPSA) is 61.8 Å². The fraction of sp³-hybridized carbons (Fsp3) is 0.250. The Kier molecular flexibility index (Phi) is 5.16. The summed E-state index contributed by atoms with van der Waals surface area (Å²) in [7, 11) is 0. The summed E-state index contributed by atoms with van der Waals surface area (Å²) in [6, 6.07) is 18.3. The molecule has 0 saturated carbocycles. The molecule has 25 heavy (non-hydrogen) atoms. The van der Waals surface area contributed by atoms with Crippen LogP contribution in [0.3, 0.4) is 0 Å². The van der Waals surface area contributed by atoms with Gasteiger partial charge in [0.2, 0.25) is 0 Å². The molecule has 2 aromatic rings. The van der Waals surface area contributed by atoms with Crippen molar-refractivity contribution in [2.75, 3.05) is 11.9 Å². The Morgan fingerprint density at radius 2 is 1.80 bits per heavy atom. The summed E-state index contributed by atoms with van der Waals surface area (Å²) in [5.74, 6) is 0. The molecule has 3 atom stereocenters. The van der Waals surface area contributed by atoms with E-state index in [2.05, 4.69) is 11.9 Å². The lowest BCUT2D eigenvalue weighted by Crippen LogP contribution is -2.46. The van der Waals surface area contributed by atoms with Crippen LogP contribution in [0.25, 0.3) is 0 Å². The Balaban J connectivity index is 1.89. The molecular weight excluding hydrogens is 316 g/mol. The van der Waals surface area contributed by atoms with Crippen LogP contribution in [0, 0.1) is 0 Å². The molecule has 2 aromatic carbocycles. The highest BCUT2D eigenvalue weighted by atomic mass is 16.5. The van der Waals surface area contributed by atoms with Crippen LogP contribution in [0.2, 0.25) is 0 Å². The van der Waals surface area contributed by atoms with E-state index in [1.165, 1.54) is 0 Å². The average molecular weight is 338 g/mol. The summed E-state index contributed by atoms with van der Waals surface area (Å²) < 4.78 is 5.77. The molecule has 1 fully saturated rings. The zero-order valence-electron chi connectivity index (χ0n) is 14.1. The molecule has 0 bridgehead atoms. The first-order chi connectivity index (χ1) is 12.1. The van der Waals surface area contributed by atoms with Crippen molar-refractivity contribution in [3.63, 3.8) is 0 Å². The van der Waals surface area contributed by atoms with Crippen molar-refractivity contribution in [2.45, 2.75) is 25.3 Å². The minimum atomic E-state index is -0.949. The summed E-state index contributed by atoms with van der Waals surface area (Å²) >= 11 is 0. The number of urea groups is 1. The van der Waals surface area contributed by atoms with Crippen LogP contribution in [0.4, 0.5) is 10.5 Å². The van der Waals surface area contributed by atoms with E-state index < -0.39 is 12.3 Å². The van der Waals surface area contributed by atoms with Crippen molar-refractivity contribution in [2.24, 2.45) is 0 Å². The second-order valence-electron chi connectivity index (χ2n) is 6.15. The van der Waals surface area contributed by atoms with E-state index in [0.29, 0.717) is 17.9 Å². The van der Waals surface area contributed by atoms with Crippen molar-refractivity contribution < 1.29 is 14.6 Å². The Labute approximate surface area is 147 Å². The minimum absolute atomic E-state index is 0.274. The first-order valence-electron chi connectivity index (χ1n) is 8.22. The maximum Gasteiger partial charge on any atom is 0.324 e. The van der Waals surface area contributed by atoms with Crippen LogP contribution in [-0.4, -0.2) is 35.0 Å². The predicted octanol–water partition coefficient (Wildman–Crippen LogP) is 3.56. The van der Waals surface area contributed by atoms with Gasteiger partial charge in [-0.2, -0.15) is 0 Å². The van der Waals surface area contributed by atoms with Crippen molar-refractivity contribution in [1.82, 2.24) is 4.90 Å². The number of nitrogens with one attached hydrogen (secondary N) is 1. The van der Waals surface area contributed by atoms with E-state index in [0.717, 1.165) is 5.56 Å². The van der Waals surface area contributed by atoms with Gasteiger partial charge in [0, 0.05) is 5.69 Å².